The molecule has 128 valence electrons. The summed E-state index contributed by atoms with van der Waals surface area (Å²) in [6.07, 6.45) is 3.89. The van der Waals surface area contributed by atoms with Crippen molar-refractivity contribution in [1.29, 1.82) is 0 Å². The van der Waals surface area contributed by atoms with Gasteiger partial charge in [-0.15, -0.1) is 15.3 Å². The lowest BCUT2D eigenvalue weighted by atomic mass is 10.2. The average Bonchev–Trinajstić information content (AvgIpc) is 3.23. The summed E-state index contributed by atoms with van der Waals surface area (Å²) in [5, 5.41) is 18.8. The van der Waals surface area contributed by atoms with Gasteiger partial charge in [0.05, 0.1) is 5.69 Å². The van der Waals surface area contributed by atoms with Gasteiger partial charge in [-0.05, 0) is 44.7 Å². The van der Waals surface area contributed by atoms with Crippen molar-refractivity contribution in [2.24, 2.45) is 10.8 Å². The number of allylic oxidation sites excluding steroid dienone is 1. The number of hydrazone groups is 1. The van der Waals surface area contributed by atoms with Crippen LogP contribution in [-0.2, 0) is 6.42 Å². The lowest BCUT2D eigenvalue weighted by Gasteiger charge is -2.21. The third-order valence-electron chi connectivity index (χ3n) is 4.28. The minimum absolute atomic E-state index is 0.566. The smallest absolute Gasteiger partial charge is 0.214 e. The van der Waals surface area contributed by atoms with E-state index in [4.69, 9.17) is 5.73 Å². The zero-order valence-corrected chi connectivity index (χ0v) is 14.3. The first-order chi connectivity index (χ1) is 11.5. The Balaban J connectivity index is 1.59. The van der Waals surface area contributed by atoms with Crippen LogP contribution < -0.4 is 5.73 Å². The van der Waals surface area contributed by atoms with Crippen LogP contribution in [0.25, 0.3) is 5.65 Å². The molecule has 1 aliphatic heterocycles. The minimum Gasteiger partial charge on any atom is -0.368 e. The van der Waals surface area contributed by atoms with Crippen LogP contribution in [0.5, 0.6) is 0 Å². The molecule has 2 aromatic heterocycles. The normalized spacial score (nSPS) is 15.2. The second-order valence-electron chi connectivity index (χ2n) is 6.08. The van der Waals surface area contributed by atoms with E-state index in [1.807, 2.05) is 26.1 Å². The van der Waals surface area contributed by atoms with E-state index in [0.29, 0.717) is 5.96 Å². The summed E-state index contributed by atoms with van der Waals surface area (Å²) in [5.41, 5.74) is 8.69. The molecule has 0 spiro atoms. The topological polar surface area (TPSA) is 87.9 Å². The van der Waals surface area contributed by atoms with Crippen molar-refractivity contribution in [2.45, 2.75) is 32.6 Å². The first-order valence-corrected chi connectivity index (χ1v) is 8.23. The summed E-state index contributed by atoms with van der Waals surface area (Å²) in [6, 6.07) is 3.90. The number of hydrogen-bond acceptors (Lipinski definition) is 5. The molecule has 0 amide bonds. The summed E-state index contributed by atoms with van der Waals surface area (Å²) in [7, 11) is 1.88. The Morgan fingerprint density at radius 3 is 2.83 bits per heavy atom. The van der Waals surface area contributed by atoms with Gasteiger partial charge in [-0.1, -0.05) is 6.58 Å². The summed E-state index contributed by atoms with van der Waals surface area (Å²) >= 11 is 0. The predicted octanol–water partition coefficient (Wildman–Crippen LogP) is 1.14. The van der Waals surface area contributed by atoms with Crippen LogP contribution in [-0.4, -0.2) is 55.8 Å². The lowest BCUT2D eigenvalue weighted by molar-refractivity contribution is 0.405. The zero-order valence-electron chi connectivity index (χ0n) is 14.3. The number of hydrogen-bond donors (Lipinski definition) is 1. The van der Waals surface area contributed by atoms with Crippen molar-refractivity contribution in [1.82, 2.24) is 29.7 Å². The van der Waals surface area contributed by atoms with Crippen molar-refractivity contribution < 1.29 is 0 Å². The number of rotatable bonds is 5. The highest BCUT2D eigenvalue weighted by Crippen LogP contribution is 2.12. The van der Waals surface area contributed by atoms with Gasteiger partial charge < -0.3 is 10.6 Å². The molecule has 0 atom stereocenters. The Bertz CT molecular complexity index is 757. The monoisotopic (exact) mass is 328 g/mol. The molecule has 1 fully saturated rings. The van der Waals surface area contributed by atoms with Crippen molar-refractivity contribution in [3.63, 3.8) is 0 Å². The third-order valence-corrected chi connectivity index (χ3v) is 4.28. The molecule has 24 heavy (non-hydrogen) atoms. The van der Waals surface area contributed by atoms with Crippen LogP contribution in [0.1, 0.15) is 30.8 Å². The van der Waals surface area contributed by atoms with Crippen molar-refractivity contribution >= 4 is 11.6 Å². The maximum absolute atomic E-state index is 6.06. The van der Waals surface area contributed by atoms with Gasteiger partial charge in [0.15, 0.2) is 11.5 Å². The first-order valence-electron chi connectivity index (χ1n) is 8.23. The fourth-order valence-corrected chi connectivity index (χ4v) is 2.74. The summed E-state index contributed by atoms with van der Waals surface area (Å²) in [5.74, 6) is 1.35. The number of guanidine groups is 1. The van der Waals surface area contributed by atoms with Gasteiger partial charge in [-0.2, -0.15) is 9.61 Å². The molecular formula is C16H24N8. The van der Waals surface area contributed by atoms with Gasteiger partial charge in [0, 0.05) is 25.8 Å². The second kappa shape index (κ2) is 6.86. The van der Waals surface area contributed by atoms with Crippen LogP contribution in [0, 0.1) is 6.92 Å². The molecular weight excluding hydrogens is 304 g/mol. The SMILES string of the molecule is C=C(CCc1ccc2nnc(C)n2n1)N(C)N=C(N)N1CCCC1. The number of nitrogens with zero attached hydrogens (tertiary/aromatic N) is 7. The van der Waals surface area contributed by atoms with Crippen LogP contribution in [0.3, 0.4) is 0 Å². The highest BCUT2D eigenvalue weighted by atomic mass is 15.5. The standard InChI is InChI=1S/C16H24N8/c1-12(22(3)21-16(17)23-10-4-5-11-23)6-7-14-8-9-15-19-18-13(2)24(15)20-14/h8-9H,1,4-7,10-11H2,2-3H3,(H2,17,21). The largest absolute Gasteiger partial charge is 0.368 e. The first kappa shape index (κ1) is 16.2. The fraction of sp³-hybridized carbons (Fsp3) is 0.500. The molecule has 0 unspecified atom stereocenters. The molecule has 0 saturated carbocycles. The van der Waals surface area contributed by atoms with Gasteiger partial charge in [0.1, 0.15) is 0 Å². The van der Waals surface area contributed by atoms with Gasteiger partial charge >= 0.3 is 0 Å². The van der Waals surface area contributed by atoms with E-state index in [0.717, 1.165) is 48.8 Å². The molecule has 3 rings (SSSR count). The molecule has 2 N–H and O–H groups in total. The maximum Gasteiger partial charge on any atom is 0.214 e. The molecule has 1 saturated heterocycles. The molecule has 8 nitrogen and oxygen atoms in total. The van der Waals surface area contributed by atoms with E-state index < -0.39 is 0 Å². The van der Waals surface area contributed by atoms with Crippen LogP contribution >= 0.6 is 0 Å². The molecule has 0 bridgehead atoms. The molecule has 0 aromatic carbocycles. The van der Waals surface area contributed by atoms with Crippen LogP contribution in [0.2, 0.25) is 0 Å². The molecule has 2 aromatic rings. The zero-order chi connectivity index (χ0) is 17.1. The van der Waals surface area contributed by atoms with E-state index in [2.05, 4.69) is 31.9 Å². The minimum atomic E-state index is 0.566. The Morgan fingerprint density at radius 1 is 1.33 bits per heavy atom. The average molecular weight is 328 g/mol. The number of likely N-dealkylation sites (tertiary alicyclic amines) is 1. The number of aryl methyl sites for hydroxylation is 2. The van der Waals surface area contributed by atoms with Gasteiger partial charge in [-0.3, -0.25) is 5.01 Å². The van der Waals surface area contributed by atoms with Gasteiger partial charge in [0.2, 0.25) is 5.96 Å². The molecule has 8 heteroatoms. The molecule has 3 heterocycles. The Labute approximate surface area is 141 Å². The van der Waals surface area contributed by atoms with Crippen LogP contribution in [0.15, 0.2) is 29.5 Å². The third kappa shape index (κ3) is 3.47. The maximum atomic E-state index is 6.06. The van der Waals surface area contributed by atoms with Gasteiger partial charge in [0.25, 0.3) is 0 Å². The van der Waals surface area contributed by atoms with Crippen molar-refractivity contribution in [3.8, 4) is 0 Å². The fourth-order valence-electron chi connectivity index (χ4n) is 2.74. The molecule has 0 aliphatic carbocycles. The van der Waals surface area contributed by atoms with E-state index in [1.54, 1.807) is 9.52 Å². The number of aromatic nitrogens is 4. The number of fused-ring (bicyclic) bond motifs is 1. The van der Waals surface area contributed by atoms with E-state index in [-0.39, 0.29) is 0 Å². The van der Waals surface area contributed by atoms with Gasteiger partial charge in [-0.25, -0.2) is 0 Å². The molecule has 1 aliphatic rings. The Kier molecular flexibility index (Phi) is 4.64. The van der Waals surface area contributed by atoms with Crippen LogP contribution in [0.4, 0.5) is 0 Å². The van der Waals surface area contributed by atoms with Crippen molar-refractivity contribution in [2.75, 3.05) is 20.1 Å². The summed E-state index contributed by atoms with van der Waals surface area (Å²) < 4.78 is 1.76. The highest BCUT2D eigenvalue weighted by Gasteiger charge is 2.14. The Morgan fingerprint density at radius 2 is 2.08 bits per heavy atom. The Hall–Kier alpha value is -2.64. The second-order valence-corrected chi connectivity index (χ2v) is 6.08. The predicted molar refractivity (Wildman–Crippen MR) is 93.2 cm³/mol. The lowest BCUT2D eigenvalue weighted by Crippen LogP contribution is -2.36. The molecule has 0 radical (unpaired) electrons. The van der Waals surface area contributed by atoms with E-state index in [9.17, 15) is 0 Å². The van der Waals surface area contributed by atoms with E-state index in [1.165, 1.54) is 12.8 Å². The van der Waals surface area contributed by atoms with Crippen molar-refractivity contribution in [3.05, 3.63) is 35.9 Å². The summed E-state index contributed by atoms with van der Waals surface area (Å²) in [6.45, 7) is 7.96. The summed E-state index contributed by atoms with van der Waals surface area (Å²) in [4.78, 5) is 2.11. The highest BCUT2D eigenvalue weighted by molar-refractivity contribution is 5.78. The quantitative estimate of drug-likeness (QED) is 0.503. The number of nitrogens with two attached hydrogens (primary N) is 1. The van der Waals surface area contributed by atoms with E-state index >= 15 is 0 Å².